The van der Waals surface area contributed by atoms with Crippen LogP contribution in [0.15, 0.2) is 30.6 Å². The fraction of sp³-hybridized carbons (Fsp3) is 0.333. The molecular formula is C15H18N2O3. The van der Waals surface area contributed by atoms with Crippen molar-refractivity contribution in [2.24, 2.45) is 7.05 Å². The average Bonchev–Trinajstić information content (AvgIpc) is 2.73. The van der Waals surface area contributed by atoms with Crippen LogP contribution in [0.5, 0.6) is 5.75 Å². The minimum atomic E-state index is -0.458. The SMILES string of the molecule is CCCCOc1ccc2c(c1)c(/C=C/[N+](=O)[O-])cn2C. The number of unbranched alkanes of at least 4 members (excludes halogenated alkanes) is 1. The summed E-state index contributed by atoms with van der Waals surface area (Å²) in [4.78, 5) is 9.99. The highest BCUT2D eigenvalue weighted by Crippen LogP contribution is 2.26. The number of hydrogen-bond acceptors (Lipinski definition) is 3. The molecule has 2 rings (SSSR count). The van der Waals surface area contributed by atoms with Gasteiger partial charge < -0.3 is 9.30 Å². The summed E-state index contributed by atoms with van der Waals surface area (Å²) in [5.41, 5.74) is 1.84. The van der Waals surface area contributed by atoms with E-state index < -0.39 is 4.92 Å². The largest absolute Gasteiger partial charge is 0.494 e. The number of aryl methyl sites for hydroxylation is 1. The first-order valence-corrected chi connectivity index (χ1v) is 6.65. The van der Waals surface area contributed by atoms with Crippen molar-refractivity contribution < 1.29 is 9.66 Å². The van der Waals surface area contributed by atoms with Gasteiger partial charge in [-0.3, -0.25) is 10.1 Å². The van der Waals surface area contributed by atoms with E-state index in [9.17, 15) is 10.1 Å². The fourth-order valence-electron chi connectivity index (χ4n) is 2.10. The molecule has 0 aliphatic rings. The highest BCUT2D eigenvalue weighted by molar-refractivity contribution is 5.90. The van der Waals surface area contributed by atoms with Crippen molar-refractivity contribution in [1.29, 1.82) is 0 Å². The van der Waals surface area contributed by atoms with Crippen LogP contribution in [0.2, 0.25) is 0 Å². The molecule has 2 aromatic rings. The van der Waals surface area contributed by atoms with Gasteiger partial charge in [0.25, 0.3) is 0 Å². The monoisotopic (exact) mass is 274 g/mol. The molecule has 0 aliphatic carbocycles. The summed E-state index contributed by atoms with van der Waals surface area (Å²) in [6.07, 6.45) is 6.45. The van der Waals surface area contributed by atoms with Gasteiger partial charge in [0.15, 0.2) is 0 Å². The number of hydrogen-bond donors (Lipinski definition) is 0. The predicted octanol–water partition coefficient (Wildman–Crippen LogP) is 3.60. The molecule has 0 unspecified atom stereocenters. The van der Waals surface area contributed by atoms with E-state index in [-0.39, 0.29) is 0 Å². The Bertz CT molecular complexity index is 644. The van der Waals surface area contributed by atoms with Gasteiger partial charge in [0.2, 0.25) is 6.20 Å². The lowest BCUT2D eigenvalue weighted by Gasteiger charge is -2.05. The molecule has 0 N–H and O–H groups in total. The van der Waals surface area contributed by atoms with Gasteiger partial charge in [0, 0.05) is 35.8 Å². The minimum Gasteiger partial charge on any atom is -0.494 e. The summed E-state index contributed by atoms with van der Waals surface area (Å²) >= 11 is 0. The molecule has 0 radical (unpaired) electrons. The van der Waals surface area contributed by atoms with Crippen molar-refractivity contribution in [2.75, 3.05) is 6.61 Å². The predicted molar refractivity (Wildman–Crippen MR) is 79.4 cm³/mol. The third kappa shape index (κ3) is 3.17. The van der Waals surface area contributed by atoms with Crippen LogP contribution in [-0.2, 0) is 7.05 Å². The number of fused-ring (bicyclic) bond motifs is 1. The first-order chi connectivity index (χ1) is 9.61. The van der Waals surface area contributed by atoms with Crippen LogP contribution < -0.4 is 4.74 Å². The molecule has 0 bridgehead atoms. The van der Waals surface area contributed by atoms with E-state index in [1.165, 1.54) is 6.08 Å². The zero-order chi connectivity index (χ0) is 14.5. The van der Waals surface area contributed by atoms with Gasteiger partial charge in [-0.05, 0) is 24.6 Å². The Morgan fingerprint density at radius 2 is 2.25 bits per heavy atom. The van der Waals surface area contributed by atoms with Gasteiger partial charge in [-0.1, -0.05) is 13.3 Å². The first-order valence-electron chi connectivity index (χ1n) is 6.65. The van der Waals surface area contributed by atoms with Gasteiger partial charge in [-0.15, -0.1) is 0 Å². The molecule has 1 aromatic carbocycles. The number of nitro groups is 1. The number of rotatable bonds is 6. The third-order valence-corrected chi connectivity index (χ3v) is 3.13. The van der Waals surface area contributed by atoms with Crippen LogP contribution in [-0.4, -0.2) is 16.1 Å². The van der Waals surface area contributed by atoms with Gasteiger partial charge in [0.05, 0.1) is 11.5 Å². The highest BCUT2D eigenvalue weighted by atomic mass is 16.6. The fourth-order valence-corrected chi connectivity index (χ4v) is 2.10. The van der Waals surface area contributed by atoms with Crippen LogP contribution in [0.3, 0.4) is 0 Å². The maximum Gasteiger partial charge on any atom is 0.235 e. The average molecular weight is 274 g/mol. The Hall–Kier alpha value is -2.30. The first kappa shape index (κ1) is 14.1. The molecule has 0 fully saturated rings. The van der Waals surface area contributed by atoms with Crippen LogP contribution in [0.1, 0.15) is 25.3 Å². The lowest BCUT2D eigenvalue weighted by Crippen LogP contribution is -1.96. The molecule has 0 saturated carbocycles. The van der Waals surface area contributed by atoms with E-state index in [4.69, 9.17) is 4.74 Å². The standard InChI is InChI=1S/C15H18N2O3/c1-3-4-9-20-13-5-6-15-14(10-13)12(11-16(15)2)7-8-17(18)19/h5-8,10-11H,3-4,9H2,1-2H3/b8-7+. The van der Waals surface area contributed by atoms with E-state index in [1.54, 1.807) is 0 Å². The molecule has 5 nitrogen and oxygen atoms in total. The molecule has 0 aliphatic heterocycles. The molecule has 5 heteroatoms. The lowest BCUT2D eigenvalue weighted by molar-refractivity contribution is -0.400. The van der Waals surface area contributed by atoms with Crippen molar-refractivity contribution in [1.82, 2.24) is 4.57 Å². The molecule has 20 heavy (non-hydrogen) atoms. The zero-order valence-corrected chi connectivity index (χ0v) is 11.7. The van der Waals surface area contributed by atoms with Crippen molar-refractivity contribution in [3.05, 3.63) is 46.3 Å². The van der Waals surface area contributed by atoms with Crippen molar-refractivity contribution in [3.8, 4) is 5.75 Å². The lowest BCUT2D eigenvalue weighted by atomic mass is 10.1. The van der Waals surface area contributed by atoms with E-state index in [0.717, 1.165) is 41.3 Å². The second-order valence-corrected chi connectivity index (χ2v) is 4.68. The van der Waals surface area contributed by atoms with Gasteiger partial charge in [-0.2, -0.15) is 0 Å². The third-order valence-electron chi connectivity index (χ3n) is 3.13. The summed E-state index contributed by atoms with van der Waals surface area (Å²) in [5, 5.41) is 11.4. The van der Waals surface area contributed by atoms with Gasteiger partial charge in [-0.25, -0.2) is 0 Å². The molecule has 0 spiro atoms. The summed E-state index contributed by atoms with van der Waals surface area (Å²) in [6.45, 7) is 2.80. The summed E-state index contributed by atoms with van der Waals surface area (Å²) < 4.78 is 7.63. The summed E-state index contributed by atoms with van der Waals surface area (Å²) in [5.74, 6) is 0.799. The summed E-state index contributed by atoms with van der Waals surface area (Å²) in [6, 6.07) is 5.84. The van der Waals surface area contributed by atoms with Gasteiger partial charge >= 0.3 is 0 Å². The van der Waals surface area contributed by atoms with Crippen molar-refractivity contribution in [3.63, 3.8) is 0 Å². The number of ether oxygens (including phenoxy) is 1. The molecule has 0 atom stereocenters. The van der Waals surface area contributed by atoms with E-state index >= 15 is 0 Å². The molecule has 1 heterocycles. The maximum atomic E-state index is 10.4. The minimum absolute atomic E-state index is 0.458. The van der Waals surface area contributed by atoms with E-state index in [0.29, 0.717) is 6.61 Å². The Morgan fingerprint density at radius 3 is 2.95 bits per heavy atom. The highest BCUT2D eigenvalue weighted by Gasteiger charge is 2.07. The van der Waals surface area contributed by atoms with E-state index in [1.807, 2.05) is 36.0 Å². The molecular weight excluding hydrogens is 256 g/mol. The Labute approximate surface area is 117 Å². The Morgan fingerprint density at radius 1 is 1.45 bits per heavy atom. The van der Waals surface area contributed by atoms with Crippen LogP contribution in [0.4, 0.5) is 0 Å². The molecule has 0 amide bonds. The normalized spacial score (nSPS) is 11.3. The quantitative estimate of drug-likeness (QED) is 0.459. The molecule has 106 valence electrons. The van der Waals surface area contributed by atoms with Crippen LogP contribution in [0, 0.1) is 10.1 Å². The van der Waals surface area contributed by atoms with E-state index in [2.05, 4.69) is 6.92 Å². The smallest absolute Gasteiger partial charge is 0.235 e. The topological polar surface area (TPSA) is 57.3 Å². The Kier molecular flexibility index (Phi) is 4.40. The second-order valence-electron chi connectivity index (χ2n) is 4.68. The second kappa shape index (κ2) is 6.23. The van der Waals surface area contributed by atoms with Crippen LogP contribution >= 0.6 is 0 Å². The molecule has 1 aromatic heterocycles. The van der Waals surface area contributed by atoms with Gasteiger partial charge in [0.1, 0.15) is 5.75 Å². The zero-order valence-electron chi connectivity index (χ0n) is 11.7. The van der Waals surface area contributed by atoms with Crippen molar-refractivity contribution >= 4 is 17.0 Å². The summed E-state index contributed by atoms with van der Waals surface area (Å²) in [7, 11) is 1.92. The number of aromatic nitrogens is 1. The van der Waals surface area contributed by atoms with Crippen molar-refractivity contribution in [2.45, 2.75) is 19.8 Å². The number of nitrogens with zero attached hydrogens (tertiary/aromatic N) is 2. The maximum absolute atomic E-state index is 10.4. The Balaban J connectivity index is 2.33. The van der Waals surface area contributed by atoms with Crippen LogP contribution in [0.25, 0.3) is 17.0 Å². The number of benzene rings is 1. The molecule has 0 saturated heterocycles.